The average Bonchev–Trinajstić information content (AvgIpc) is 2.61. The molecule has 3 rings (SSSR count). The van der Waals surface area contributed by atoms with E-state index < -0.39 is 17.8 Å². The number of hydrogen-bond acceptors (Lipinski definition) is 6. The van der Waals surface area contributed by atoms with Crippen molar-refractivity contribution in [1.29, 1.82) is 0 Å². The SMILES string of the molecule is COc1cc(/C=C2\C(=O)NC(=O)N(c3ccc(O)cc3)C2=O)ccc1O. The van der Waals surface area contributed by atoms with Crippen LogP contribution in [0, 0.1) is 0 Å². The summed E-state index contributed by atoms with van der Waals surface area (Å²) in [7, 11) is 1.37. The molecule has 1 aliphatic rings. The molecule has 0 atom stereocenters. The predicted octanol–water partition coefficient (Wildman–Crippen LogP) is 1.77. The zero-order chi connectivity index (χ0) is 18.8. The Bertz CT molecular complexity index is 933. The van der Waals surface area contributed by atoms with Gasteiger partial charge in [0.15, 0.2) is 11.5 Å². The van der Waals surface area contributed by atoms with Crippen molar-refractivity contribution in [3.8, 4) is 17.2 Å². The topological polar surface area (TPSA) is 116 Å². The quantitative estimate of drug-likeness (QED) is 0.571. The Hall–Kier alpha value is -3.81. The first kappa shape index (κ1) is 17.0. The van der Waals surface area contributed by atoms with Gasteiger partial charge in [0.05, 0.1) is 12.8 Å². The number of urea groups is 1. The highest BCUT2D eigenvalue weighted by Crippen LogP contribution is 2.28. The number of aromatic hydroxyl groups is 2. The highest BCUT2D eigenvalue weighted by atomic mass is 16.5. The monoisotopic (exact) mass is 354 g/mol. The molecular weight excluding hydrogens is 340 g/mol. The van der Waals surface area contributed by atoms with Crippen LogP contribution in [0.1, 0.15) is 5.56 Å². The molecule has 0 aromatic heterocycles. The highest BCUT2D eigenvalue weighted by molar-refractivity contribution is 6.39. The fourth-order valence-electron chi connectivity index (χ4n) is 2.44. The first-order valence-electron chi connectivity index (χ1n) is 7.48. The van der Waals surface area contributed by atoms with Crippen LogP contribution < -0.4 is 15.0 Å². The molecule has 8 nitrogen and oxygen atoms in total. The van der Waals surface area contributed by atoms with Crippen LogP contribution in [0.3, 0.4) is 0 Å². The number of carbonyl (C=O) groups is 3. The van der Waals surface area contributed by atoms with Crippen LogP contribution in [0.2, 0.25) is 0 Å². The van der Waals surface area contributed by atoms with Crippen LogP contribution in [0.15, 0.2) is 48.0 Å². The number of phenolic OH excluding ortho intramolecular Hbond substituents is 2. The van der Waals surface area contributed by atoms with Crippen molar-refractivity contribution in [2.75, 3.05) is 12.0 Å². The summed E-state index contributed by atoms with van der Waals surface area (Å²) in [4.78, 5) is 37.7. The molecule has 0 bridgehead atoms. The summed E-state index contributed by atoms with van der Waals surface area (Å²) >= 11 is 0. The molecule has 2 aromatic rings. The van der Waals surface area contributed by atoms with Gasteiger partial charge in [0.1, 0.15) is 11.3 Å². The van der Waals surface area contributed by atoms with Gasteiger partial charge in [-0.3, -0.25) is 14.9 Å². The number of hydrogen-bond donors (Lipinski definition) is 3. The second kappa shape index (κ2) is 6.60. The predicted molar refractivity (Wildman–Crippen MR) is 91.8 cm³/mol. The molecule has 8 heteroatoms. The average molecular weight is 354 g/mol. The van der Waals surface area contributed by atoms with Gasteiger partial charge < -0.3 is 14.9 Å². The van der Waals surface area contributed by atoms with E-state index in [1.165, 1.54) is 55.7 Å². The third kappa shape index (κ3) is 3.07. The number of nitrogens with zero attached hydrogens (tertiary/aromatic N) is 1. The summed E-state index contributed by atoms with van der Waals surface area (Å²) in [5.41, 5.74) is 0.371. The number of nitrogens with one attached hydrogen (secondary N) is 1. The molecule has 4 amide bonds. The van der Waals surface area contributed by atoms with Gasteiger partial charge >= 0.3 is 6.03 Å². The van der Waals surface area contributed by atoms with Crippen molar-refractivity contribution >= 4 is 29.6 Å². The van der Waals surface area contributed by atoms with E-state index >= 15 is 0 Å². The molecule has 0 unspecified atom stereocenters. The van der Waals surface area contributed by atoms with E-state index in [0.717, 1.165) is 4.90 Å². The van der Waals surface area contributed by atoms with E-state index in [1.54, 1.807) is 0 Å². The number of anilines is 1. The number of phenols is 2. The van der Waals surface area contributed by atoms with Gasteiger partial charge in [-0.2, -0.15) is 0 Å². The van der Waals surface area contributed by atoms with Gasteiger partial charge in [-0.25, -0.2) is 9.69 Å². The fraction of sp³-hybridized carbons (Fsp3) is 0.0556. The van der Waals surface area contributed by atoms with Crippen LogP contribution in [-0.4, -0.2) is 35.2 Å². The minimum atomic E-state index is -0.883. The van der Waals surface area contributed by atoms with E-state index in [1.807, 2.05) is 0 Å². The number of benzene rings is 2. The Morgan fingerprint density at radius 1 is 1.04 bits per heavy atom. The lowest BCUT2D eigenvalue weighted by atomic mass is 10.1. The number of methoxy groups -OCH3 is 1. The molecule has 1 saturated heterocycles. The molecule has 26 heavy (non-hydrogen) atoms. The second-order valence-electron chi connectivity index (χ2n) is 5.41. The maximum absolute atomic E-state index is 12.7. The summed E-state index contributed by atoms with van der Waals surface area (Å²) in [5.74, 6) is -1.58. The summed E-state index contributed by atoms with van der Waals surface area (Å²) in [5, 5.41) is 21.1. The summed E-state index contributed by atoms with van der Waals surface area (Å²) in [6.07, 6.45) is 1.29. The maximum atomic E-state index is 12.7. The van der Waals surface area contributed by atoms with Crippen LogP contribution >= 0.6 is 0 Å². The standard InChI is InChI=1S/C18H14N2O6/c1-26-15-9-10(2-7-14(15)22)8-13-16(23)19-18(25)20(17(13)24)11-3-5-12(21)6-4-11/h2-9,21-22H,1H3,(H,19,23,25)/b13-8+. The summed E-state index contributed by atoms with van der Waals surface area (Å²) < 4.78 is 4.99. The van der Waals surface area contributed by atoms with Crippen molar-refractivity contribution in [3.63, 3.8) is 0 Å². The number of rotatable bonds is 3. The molecule has 0 spiro atoms. The van der Waals surface area contributed by atoms with Gasteiger partial charge in [-0.1, -0.05) is 6.07 Å². The van der Waals surface area contributed by atoms with E-state index in [0.29, 0.717) is 5.56 Å². The molecule has 1 heterocycles. The minimum Gasteiger partial charge on any atom is -0.508 e. The van der Waals surface area contributed by atoms with Crippen molar-refractivity contribution < 1.29 is 29.3 Å². The Labute approximate surface area is 147 Å². The van der Waals surface area contributed by atoms with Gasteiger partial charge in [0.25, 0.3) is 11.8 Å². The normalized spacial score (nSPS) is 16.0. The first-order chi connectivity index (χ1) is 12.4. The van der Waals surface area contributed by atoms with E-state index in [2.05, 4.69) is 5.32 Å². The van der Waals surface area contributed by atoms with Crippen molar-refractivity contribution in [2.24, 2.45) is 0 Å². The Kier molecular flexibility index (Phi) is 4.32. The van der Waals surface area contributed by atoms with Gasteiger partial charge in [-0.05, 0) is 48.0 Å². The number of ether oxygens (including phenoxy) is 1. The van der Waals surface area contributed by atoms with Crippen LogP contribution in [0.5, 0.6) is 17.2 Å². The first-order valence-corrected chi connectivity index (χ1v) is 7.48. The minimum absolute atomic E-state index is 0.0263. The van der Waals surface area contributed by atoms with Crippen LogP contribution in [0.4, 0.5) is 10.5 Å². The maximum Gasteiger partial charge on any atom is 0.335 e. The van der Waals surface area contributed by atoms with Crippen LogP contribution in [-0.2, 0) is 9.59 Å². The van der Waals surface area contributed by atoms with Crippen molar-refractivity contribution in [1.82, 2.24) is 5.32 Å². The Morgan fingerprint density at radius 3 is 2.38 bits per heavy atom. The third-order valence-corrected chi connectivity index (χ3v) is 3.72. The van der Waals surface area contributed by atoms with E-state index in [4.69, 9.17) is 4.74 Å². The smallest absolute Gasteiger partial charge is 0.335 e. The molecule has 0 aliphatic carbocycles. The lowest BCUT2D eigenvalue weighted by Gasteiger charge is -2.26. The van der Waals surface area contributed by atoms with E-state index in [9.17, 15) is 24.6 Å². The summed E-state index contributed by atoms with van der Waals surface area (Å²) in [6, 6.07) is 8.82. The molecule has 1 fully saturated rings. The molecular formula is C18H14N2O6. The number of barbiturate groups is 1. The largest absolute Gasteiger partial charge is 0.508 e. The number of carbonyl (C=O) groups excluding carboxylic acids is 3. The van der Waals surface area contributed by atoms with E-state index in [-0.39, 0.29) is 28.5 Å². The molecule has 3 N–H and O–H groups in total. The highest BCUT2D eigenvalue weighted by Gasteiger charge is 2.36. The lowest BCUT2D eigenvalue weighted by molar-refractivity contribution is -0.122. The molecule has 1 aliphatic heterocycles. The number of amides is 4. The second-order valence-corrected chi connectivity index (χ2v) is 5.41. The molecule has 2 aromatic carbocycles. The van der Waals surface area contributed by atoms with Crippen molar-refractivity contribution in [2.45, 2.75) is 0 Å². The number of imide groups is 2. The zero-order valence-corrected chi connectivity index (χ0v) is 13.6. The molecule has 0 saturated carbocycles. The van der Waals surface area contributed by atoms with Gasteiger partial charge in [-0.15, -0.1) is 0 Å². The van der Waals surface area contributed by atoms with Gasteiger partial charge in [0, 0.05) is 0 Å². The lowest BCUT2D eigenvalue weighted by Crippen LogP contribution is -2.54. The third-order valence-electron chi connectivity index (χ3n) is 3.72. The fourth-order valence-corrected chi connectivity index (χ4v) is 2.44. The zero-order valence-electron chi connectivity index (χ0n) is 13.6. The van der Waals surface area contributed by atoms with Gasteiger partial charge in [0.2, 0.25) is 0 Å². The molecule has 0 radical (unpaired) electrons. The van der Waals surface area contributed by atoms with Crippen LogP contribution in [0.25, 0.3) is 6.08 Å². The molecule has 132 valence electrons. The van der Waals surface area contributed by atoms with Crippen molar-refractivity contribution in [3.05, 3.63) is 53.6 Å². The Balaban J connectivity index is 2.01. The summed E-state index contributed by atoms with van der Waals surface area (Å²) in [6.45, 7) is 0. The Morgan fingerprint density at radius 2 is 1.73 bits per heavy atom.